The quantitative estimate of drug-likeness (QED) is 0.580. The average Bonchev–Trinajstić information content (AvgIpc) is 3.29. The van der Waals surface area contributed by atoms with Crippen LogP contribution in [-0.2, 0) is 16.6 Å². The molecule has 30 heavy (non-hydrogen) atoms. The van der Waals surface area contributed by atoms with E-state index >= 15 is 0 Å². The number of carbonyl (C=O) groups excluding carboxylic acids is 1. The lowest BCUT2D eigenvalue weighted by Gasteiger charge is -2.16. The van der Waals surface area contributed by atoms with Crippen LogP contribution in [0.3, 0.4) is 0 Å². The van der Waals surface area contributed by atoms with Gasteiger partial charge in [0, 0.05) is 19.6 Å². The first kappa shape index (κ1) is 22.6. The fourth-order valence-corrected chi connectivity index (χ4v) is 5.02. The normalized spacial score (nSPS) is 14.6. The minimum atomic E-state index is -3.62. The summed E-state index contributed by atoms with van der Waals surface area (Å²) < 4.78 is 32.7. The van der Waals surface area contributed by atoms with Gasteiger partial charge in [0.25, 0.3) is 5.91 Å². The molecule has 1 saturated heterocycles. The number of halogens is 1. The zero-order valence-corrected chi connectivity index (χ0v) is 18.6. The number of benzene rings is 2. The number of rotatable bonds is 9. The number of hydrogen-bond acceptors (Lipinski definition) is 4. The molecule has 2 aromatic rings. The Kier molecular flexibility index (Phi) is 7.75. The van der Waals surface area contributed by atoms with E-state index in [1.54, 1.807) is 0 Å². The first-order chi connectivity index (χ1) is 14.4. The van der Waals surface area contributed by atoms with Crippen molar-refractivity contribution < 1.29 is 17.9 Å². The Morgan fingerprint density at radius 3 is 2.67 bits per heavy atom. The van der Waals surface area contributed by atoms with E-state index in [0.29, 0.717) is 19.7 Å². The lowest BCUT2D eigenvalue weighted by Crippen LogP contribution is -2.28. The van der Waals surface area contributed by atoms with Crippen molar-refractivity contribution in [1.29, 1.82) is 0 Å². The van der Waals surface area contributed by atoms with Gasteiger partial charge in [-0.05, 0) is 55.2 Å². The standard InChI is InChI=1S/C22H27ClN2O4S/c1-2-3-13-29-18-8-6-7-17(14-18)16-24-22(26)20-15-19(9-10-21(20)23)30(27,28)25-11-4-5-12-25/h6-10,14-15H,2-5,11-13,16H2,1H3,(H,24,26). The molecule has 0 spiro atoms. The monoisotopic (exact) mass is 450 g/mol. The summed E-state index contributed by atoms with van der Waals surface area (Å²) in [5.41, 5.74) is 1.03. The largest absolute Gasteiger partial charge is 0.494 e. The summed E-state index contributed by atoms with van der Waals surface area (Å²) in [4.78, 5) is 12.8. The molecule has 0 radical (unpaired) electrons. The van der Waals surface area contributed by atoms with Crippen LogP contribution in [0, 0.1) is 0 Å². The molecular formula is C22H27ClN2O4S. The first-order valence-corrected chi connectivity index (χ1v) is 12.0. The van der Waals surface area contributed by atoms with Crippen LogP contribution in [0.4, 0.5) is 0 Å². The van der Waals surface area contributed by atoms with Crippen LogP contribution in [0.5, 0.6) is 5.75 Å². The molecule has 6 nitrogen and oxygen atoms in total. The summed E-state index contributed by atoms with van der Waals surface area (Å²) in [6.45, 7) is 4.04. The SMILES string of the molecule is CCCCOc1cccc(CNC(=O)c2cc(S(=O)(=O)N3CCCC3)ccc2Cl)c1. The van der Waals surface area contributed by atoms with Gasteiger partial charge in [-0.25, -0.2) is 8.42 Å². The molecule has 0 bridgehead atoms. The number of nitrogens with one attached hydrogen (secondary N) is 1. The predicted molar refractivity (Wildman–Crippen MR) is 117 cm³/mol. The van der Waals surface area contributed by atoms with Crippen LogP contribution in [0.25, 0.3) is 0 Å². The van der Waals surface area contributed by atoms with E-state index in [9.17, 15) is 13.2 Å². The lowest BCUT2D eigenvalue weighted by molar-refractivity contribution is 0.0950. The fraction of sp³-hybridized carbons (Fsp3) is 0.409. The second-order valence-electron chi connectivity index (χ2n) is 7.28. The third-order valence-electron chi connectivity index (χ3n) is 5.00. The van der Waals surface area contributed by atoms with Crippen molar-refractivity contribution in [1.82, 2.24) is 9.62 Å². The lowest BCUT2D eigenvalue weighted by atomic mass is 10.2. The Morgan fingerprint density at radius 2 is 1.93 bits per heavy atom. The van der Waals surface area contributed by atoms with E-state index < -0.39 is 15.9 Å². The van der Waals surface area contributed by atoms with Gasteiger partial charge in [-0.2, -0.15) is 4.31 Å². The molecule has 1 aliphatic heterocycles. The van der Waals surface area contributed by atoms with Crippen LogP contribution in [0.1, 0.15) is 48.5 Å². The summed E-state index contributed by atoms with van der Waals surface area (Å²) in [6.07, 6.45) is 3.74. The van der Waals surface area contributed by atoms with Crippen LogP contribution < -0.4 is 10.1 Å². The highest BCUT2D eigenvalue weighted by molar-refractivity contribution is 7.89. The Hall–Kier alpha value is -2.09. The molecule has 8 heteroatoms. The molecule has 0 unspecified atom stereocenters. The molecule has 1 heterocycles. The highest BCUT2D eigenvalue weighted by Gasteiger charge is 2.28. The van der Waals surface area contributed by atoms with Crippen molar-refractivity contribution in [3.05, 3.63) is 58.6 Å². The summed E-state index contributed by atoms with van der Waals surface area (Å²) in [5, 5.41) is 3.02. The number of amides is 1. The van der Waals surface area contributed by atoms with Crippen molar-refractivity contribution in [2.45, 2.75) is 44.0 Å². The predicted octanol–water partition coefficient (Wildman–Crippen LogP) is 4.23. The summed E-state index contributed by atoms with van der Waals surface area (Å²) in [7, 11) is -3.62. The summed E-state index contributed by atoms with van der Waals surface area (Å²) in [6, 6.07) is 11.8. The first-order valence-electron chi connectivity index (χ1n) is 10.2. The topological polar surface area (TPSA) is 75.7 Å². The van der Waals surface area contributed by atoms with E-state index in [-0.39, 0.29) is 22.0 Å². The fourth-order valence-electron chi connectivity index (χ4n) is 3.27. The summed E-state index contributed by atoms with van der Waals surface area (Å²) >= 11 is 6.19. The van der Waals surface area contributed by atoms with Gasteiger partial charge in [-0.1, -0.05) is 37.1 Å². The van der Waals surface area contributed by atoms with E-state index in [4.69, 9.17) is 16.3 Å². The minimum Gasteiger partial charge on any atom is -0.494 e. The van der Waals surface area contributed by atoms with Crippen molar-refractivity contribution in [3.8, 4) is 5.75 Å². The maximum absolute atomic E-state index is 12.8. The number of unbranched alkanes of at least 4 members (excludes halogenated alkanes) is 1. The van der Waals surface area contributed by atoms with Crippen molar-refractivity contribution in [2.24, 2.45) is 0 Å². The molecule has 2 aromatic carbocycles. The Balaban J connectivity index is 1.69. The molecule has 1 fully saturated rings. The highest BCUT2D eigenvalue weighted by Crippen LogP contribution is 2.25. The number of sulfonamides is 1. The van der Waals surface area contributed by atoms with Gasteiger partial charge in [0.1, 0.15) is 5.75 Å². The molecule has 3 rings (SSSR count). The second-order valence-corrected chi connectivity index (χ2v) is 9.63. The molecule has 1 aliphatic rings. The van der Waals surface area contributed by atoms with Gasteiger partial charge in [0.15, 0.2) is 0 Å². The van der Waals surface area contributed by atoms with Gasteiger partial charge in [0.05, 0.1) is 22.1 Å². The Bertz CT molecular complexity index is 988. The molecule has 0 aromatic heterocycles. The maximum Gasteiger partial charge on any atom is 0.253 e. The van der Waals surface area contributed by atoms with Crippen LogP contribution in [0.15, 0.2) is 47.4 Å². The molecule has 162 valence electrons. The van der Waals surface area contributed by atoms with Crippen LogP contribution >= 0.6 is 11.6 Å². The second kappa shape index (κ2) is 10.3. The summed E-state index contributed by atoms with van der Waals surface area (Å²) in [5.74, 6) is 0.336. The van der Waals surface area contributed by atoms with Crippen molar-refractivity contribution in [2.75, 3.05) is 19.7 Å². The van der Waals surface area contributed by atoms with E-state index in [1.807, 2.05) is 24.3 Å². The molecule has 0 aliphatic carbocycles. The smallest absolute Gasteiger partial charge is 0.253 e. The van der Waals surface area contributed by atoms with Crippen LogP contribution in [-0.4, -0.2) is 38.3 Å². The number of hydrogen-bond donors (Lipinski definition) is 1. The molecule has 0 atom stereocenters. The third-order valence-corrected chi connectivity index (χ3v) is 7.23. The molecular weight excluding hydrogens is 424 g/mol. The van der Waals surface area contributed by atoms with Crippen molar-refractivity contribution >= 4 is 27.5 Å². The zero-order chi connectivity index (χ0) is 21.6. The van der Waals surface area contributed by atoms with Gasteiger partial charge in [-0.15, -0.1) is 0 Å². The van der Waals surface area contributed by atoms with Gasteiger partial charge >= 0.3 is 0 Å². The van der Waals surface area contributed by atoms with Crippen LogP contribution in [0.2, 0.25) is 5.02 Å². The average molecular weight is 451 g/mol. The molecule has 1 N–H and O–H groups in total. The maximum atomic E-state index is 12.8. The highest BCUT2D eigenvalue weighted by atomic mass is 35.5. The third kappa shape index (κ3) is 5.53. The number of carbonyl (C=O) groups is 1. The van der Waals surface area contributed by atoms with E-state index in [2.05, 4.69) is 12.2 Å². The van der Waals surface area contributed by atoms with Gasteiger partial charge in [-0.3, -0.25) is 4.79 Å². The van der Waals surface area contributed by atoms with Gasteiger partial charge in [0.2, 0.25) is 10.0 Å². The number of ether oxygens (including phenoxy) is 1. The zero-order valence-electron chi connectivity index (χ0n) is 17.1. The van der Waals surface area contributed by atoms with E-state index in [0.717, 1.165) is 37.0 Å². The Morgan fingerprint density at radius 1 is 1.17 bits per heavy atom. The molecule has 1 amide bonds. The number of nitrogens with zero attached hydrogens (tertiary/aromatic N) is 1. The van der Waals surface area contributed by atoms with E-state index in [1.165, 1.54) is 22.5 Å². The van der Waals surface area contributed by atoms with Gasteiger partial charge < -0.3 is 10.1 Å². The Labute approximate surface area is 183 Å². The minimum absolute atomic E-state index is 0.0882. The van der Waals surface area contributed by atoms with Crippen molar-refractivity contribution in [3.63, 3.8) is 0 Å². The molecule has 0 saturated carbocycles.